The maximum absolute atomic E-state index is 6.19. The minimum Gasteiger partial charge on any atom is -0.356 e. The van der Waals surface area contributed by atoms with Crippen LogP contribution in [0.3, 0.4) is 0 Å². The number of benzene rings is 1. The highest BCUT2D eigenvalue weighted by molar-refractivity contribution is 6.31. The van der Waals surface area contributed by atoms with Crippen LogP contribution in [0.25, 0.3) is 5.82 Å². The van der Waals surface area contributed by atoms with Gasteiger partial charge in [-0.05, 0) is 36.6 Å². The zero-order valence-electron chi connectivity index (χ0n) is 15.5. The molecule has 27 heavy (non-hydrogen) atoms. The van der Waals surface area contributed by atoms with E-state index in [0.717, 1.165) is 46.7 Å². The van der Waals surface area contributed by atoms with E-state index < -0.39 is 0 Å². The van der Waals surface area contributed by atoms with Crippen LogP contribution in [0.2, 0.25) is 5.02 Å². The average molecular weight is 383 g/mol. The lowest BCUT2D eigenvalue weighted by Crippen LogP contribution is -2.37. The Bertz CT molecular complexity index is 901. The van der Waals surface area contributed by atoms with E-state index in [2.05, 4.69) is 25.6 Å². The van der Waals surface area contributed by atoms with Crippen molar-refractivity contribution in [3.8, 4) is 5.82 Å². The van der Waals surface area contributed by atoms with Gasteiger partial charge in [-0.15, -0.1) is 0 Å². The molecule has 1 aromatic carbocycles. The SMILES string of the molecule is CN=C(NCCc1ccccc1Cl)NCc1ccc(-n2ccnc2C)nc1. The summed E-state index contributed by atoms with van der Waals surface area (Å²) in [4.78, 5) is 13.0. The van der Waals surface area contributed by atoms with E-state index in [1.807, 2.05) is 60.3 Å². The van der Waals surface area contributed by atoms with E-state index in [4.69, 9.17) is 11.6 Å². The van der Waals surface area contributed by atoms with Crippen molar-refractivity contribution < 1.29 is 0 Å². The van der Waals surface area contributed by atoms with Gasteiger partial charge in [0.05, 0.1) is 0 Å². The standard InChI is InChI=1S/C20H23ClN6/c1-15-23-11-12-27(15)19-8-7-16(13-25-19)14-26-20(22-2)24-10-9-17-5-3-4-6-18(17)21/h3-8,11-13H,9-10,14H2,1-2H3,(H2,22,24,26). The molecule has 6 nitrogen and oxygen atoms in total. The van der Waals surface area contributed by atoms with Crippen molar-refractivity contribution in [3.05, 3.63) is 77.0 Å². The van der Waals surface area contributed by atoms with Crippen molar-refractivity contribution in [2.45, 2.75) is 19.9 Å². The molecule has 0 aliphatic heterocycles. The van der Waals surface area contributed by atoms with E-state index in [1.54, 1.807) is 13.2 Å². The lowest BCUT2D eigenvalue weighted by Gasteiger charge is -2.12. The summed E-state index contributed by atoms with van der Waals surface area (Å²) >= 11 is 6.19. The number of aryl methyl sites for hydroxylation is 1. The third-order valence-electron chi connectivity index (χ3n) is 4.21. The van der Waals surface area contributed by atoms with Gasteiger partial charge in [0.2, 0.25) is 0 Å². The lowest BCUT2D eigenvalue weighted by atomic mass is 10.1. The van der Waals surface area contributed by atoms with Gasteiger partial charge in [-0.25, -0.2) is 9.97 Å². The van der Waals surface area contributed by atoms with Crippen LogP contribution in [-0.4, -0.2) is 34.1 Å². The molecule has 3 rings (SSSR count). The zero-order chi connectivity index (χ0) is 19.1. The first-order valence-electron chi connectivity index (χ1n) is 8.80. The summed E-state index contributed by atoms with van der Waals surface area (Å²) in [5.41, 5.74) is 2.20. The summed E-state index contributed by atoms with van der Waals surface area (Å²) in [5.74, 6) is 2.52. The maximum Gasteiger partial charge on any atom is 0.191 e. The van der Waals surface area contributed by atoms with Crippen LogP contribution in [0.4, 0.5) is 0 Å². The molecule has 0 unspecified atom stereocenters. The van der Waals surface area contributed by atoms with Crippen molar-refractivity contribution >= 4 is 17.6 Å². The third kappa shape index (κ3) is 5.08. The summed E-state index contributed by atoms with van der Waals surface area (Å²) in [5, 5.41) is 7.40. The fourth-order valence-corrected chi connectivity index (χ4v) is 2.94. The number of guanidine groups is 1. The molecule has 3 aromatic rings. The summed E-state index contributed by atoms with van der Waals surface area (Å²) in [6.07, 6.45) is 6.37. The van der Waals surface area contributed by atoms with Crippen LogP contribution in [0.5, 0.6) is 0 Å². The van der Waals surface area contributed by atoms with Gasteiger partial charge in [0, 0.05) is 43.8 Å². The van der Waals surface area contributed by atoms with Crippen LogP contribution >= 0.6 is 11.6 Å². The number of hydrogen-bond donors (Lipinski definition) is 2. The summed E-state index contributed by atoms with van der Waals surface area (Å²) in [7, 11) is 1.76. The molecule has 2 aromatic heterocycles. The Kier molecular flexibility index (Phi) is 6.44. The van der Waals surface area contributed by atoms with Gasteiger partial charge in [-0.2, -0.15) is 0 Å². The van der Waals surface area contributed by atoms with E-state index in [9.17, 15) is 0 Å². The molecule has 0 bridgehead atoms. The number of aliphatic imine (C=N–C) groups is 1. The van der Waals surface area contributed by atoms with Crippen molar-refractivity contribution in [1.29, 1.82) is 0 Å². The molecule has 0 fully saturated rings. The third-order valence-corrected chi connectivity index (χ3v) is 4.58. The summed E-state index contributed by atoms with van der Waals surface area (Å²) in [6.45, 7) is 3.35. The van der Waals surface area contributed by atoms with Gasteiger partial charge < -0.3 is 10.6 Å². The van der Waals surface area contributed by atoms with Crippen molar-refractivity contribution in [3.63, 3.8) is 0 Å². The number of nitrogens with one attached hydrogen (secondary N) is 2. The highest BCUT2D eigenvalue weighted by atomic mass is 35.5. The van der Waals surface area contributed by atoms with Crippen LogP contribution < -0.4 is 10.6 Å². The van der Waals surface area contributed by atoms with Crippen molar-refractivity contribution in [2.24, 2.45) is 4.99 Å². The van der Waals surface area contributed by atoms with Gasteiger partial charge >= 0.3 is 0 Å². The number of imidazole rings is 1. The molecule has 0 aliphatic carbocycles. The topological polar surface area (TPSA) is 67.1 Å². The van der Waals surface area contributed by atoms with Crippen molar-refractivity contribution in [2.75, 3.05) is 13.6 Å². The smallest absolute Gasteiger partial charge is 0.191 e. The van der Waals surface area contributed by atoms with Gasteiger partial charge in [0.25, 0.3) is 0 Å². The number of pyridine rings is 1. The Morgan fingerprint density at radius 3 is 2.67 bits per heavy atom. The molecule has 2 heterocycles. The Balaban J connectivity index is 1.49. The largest absolute Gasteiger partial charge is 0.356 e. The summed E-state index contributed by atoms with van der Waals surface area (Å²) < 4.78 is 1.95. The summed E-state index contributed by atoms with van der Waals surface area (Å²) in [6, 6.07) is 11.9. The second-order valence-electron chi connectivity index (χ2n) is 6.06. The molecule has 0 radical (unpaired) electrons. The normalized spacial score (nSPS) is 11.4. The molecule has 0 saturated carbocycles. The highest BCUT2D eigenvalue weighted by Gasteiger charge is 2.04. The van der Waals surface area contributed by atoms with Crippen LogP contribution in [-0.2, 0) is 13.0 Å². The number of halogens is 1. The van der Waals surface area contributed by atoms with Gasteiger partial charge in [-0.3, -0.25) is 9.56 Å². The molecular weight excluding hydrogens is 360 g/mol. The lowest BCUT2D eigenvalue weighted by molar-refractivity contribution is 0.792. The van der Waals surface area contributed by atoms with Gasteiger partial charge in [0.15, 0.2) is 5.96 Å². The minimum atomic E-state index is 0.641. The number of rotatable bonds is 6. The number of aromatic nitrogens is 3. The van der Waals surface area contributed by atoms with Crippen LogP contribution in [0.1, 0.15) is 17.0 Å². The first kappa shape index (κ1) is 18.9. The molecule has 2 N–H and O–H groups in total. The second-order valence-corrected chi connectivity index (χ2v) is 6.47. The Morgan fingerprint density at radius 2 is 2.00 bits per heavy atom. The predicted molar refractivity (Wildman–Crippen MR) is 109 cm³/mol. The van der Waals surface area contributed by atoms with Gasteiger partial charge in [-0.1, -0.05) is 35.9 Å². The second kappa shape index (κ2) is 9.19. The van der Waals surface area contributed by atoms with Crippen LogP contribution in [0, 0.1) is 6.92 Å². The zero-order valence-corrected chi connectivity index (χ0v) is 16.2. The first-order chi connectivity index (χ1) is 13.2. The van der Waals surface area contributed by atoms with E-state index in [1.165, 1.54) is 0 Å². The first-order valence-corrected chi connectivity index (χ1v) is 9.18. The molecule has 0 aliphatic rings. The number of hydrogen-bond acceptors (Lipinski definition) is 3. The molecule has 0 spiro atoms. The fraction of sp³-hybridized carbons (Fsp3) is 0.250. The monoisotopic (exact) mass is 382 g/mol. The van der Waals surface area contributed by atoms with Crippen LogP contribution in [0.15, 0.2) is 60.0 Å². The highest BCUT2D eigenvalue weighted by Crippen LogP contribution is 2.14. The van der Waals surface area contributed by atoms with E-state index >= 15 is 0 Å². The van der Waals surface area contributed by atoms with Gasteiger partial charge in [0.1, 0.15) is 11.6 Å². The molecule has 140 valence electrons. The maximum atomic E-state index is 6.19. The quantitative estimate of drug-likeness (QED) is 0.507. The Labute approximate surface area is 164 Å². The fourth-order valence-electron chi connectivity index (χ4n) is 2.71. The molecular formula is C20H23ClN6. The predicted octanol–water partition coefficient (Wildman–Crippen LogP) is 3.14. The molecule has 0 atom stereocenters. The van der Waals surface area contributed by atoms with E-state index in [0.29, 0.717) is 6.54 Å². The molecule has 7 heteroatoms. The molecule has 0 saturated heterocycles. The minimum absolute atomic E-state index is 0.641. The molecule has 0 amide bonds. The van der Waals surface area contributed by atoms with Crippen molar-refractivity contribution in [1.82, 2.24) is 25.2 Å². The average Bonchev–Trinajstić information content (AvgIpc) is 3.12. The van der Waals surface area contributed by atoms with E-state index in [-0.39, 0.29) is 0 Å². The number of nitrogens with zero attached hydrogens (tertiary/aromatic N) is 4. The Morgan fingerprint density at radius 1 is 1.15 bits per heavy atom. The Hall–Kier alpha value is -2.86.